The number of carbonyl (C=O) groups excluding carboxylic acids is 2. The third-order valence-corrected chi connectivity index (χ3v) is 10.4. The van der Waals surface area contributed by atoms with E-state index in [-0.39, 0.29) is 29.1 Å². The number of thioether (sulfide) groups is 1. The van der Waals surface area contributed by atoms with E-state index >= 15 is 0 Å². The predicted octanol–water partition coefficient (Wildman–Crippen LogP) is 6.13. The van der Waals surface area contributed by atoms with Crippen LogP contribution in [0.25, 0.3) is 0 Å². The molecule has 1 saturated carbocycles. The van der Waals surface area contributed by atoms with Gasteiger partial charge in [0.05, 0.1) is 17.2 Å². The van der Waals surface area contributed by atoms with Crippen molar-refractivity contribution in [1.82, 2.24) is 10.2 Å². The molecule has 1 atom stereocenters. The van der Waals surface area contributed by atoms with E-state index in [1.54, 1.807) is 74.5 Å². The first kappa shape index (κ1) is 32.7. The van der Waals surface area contributed by atoms with E-state index in [2.05, 4.69) is 5.32 Å². The number of carbonyl (C=O) groups is 2. The Morgan fingerprint density at radius 2 is 1.67 bits per heavy atom. The number of rotatable bonds is 13. The summed E-state index contributed by atoms with van der Waals surface area (Å²) in [5.41, 5.74) is 0.877. The highest BCUT2D eigenvalue weighted by Crippen LogP contribution is 2.33. The number of para-hydroxylation sites is 2. The van der Waals surface area contributed by atoms with Crippen molar-refractivity contribution in [3.8, 4) is 5.75 Å². The Kier molecular flexibility index (Phi) is 11.4. The minimum atomic E-state index is -4.22. The van der Waals surface area contributed by atoms with E-state index in [0.29, 0.717) is 22.9 Å². The molecule has 8 nitrogen and oxygen atoms in total. The Labute approximate surface area is 263 Å². The summed E-state index contributed by atoms with van der Waals surface area (Å²) < 4.78 is 35.2. The summed E-state index contributed by atoms with van der Waals surface area (Å²) >= 11 is 7.96. The average molecular weight is 644 g/mol. The van der Waals surface area contributed by atoms with Crippen LogP contribution in [0.15, 0.2) is 82.6 Å². The highest BCUT2D eigenvalue weighted by molar-refractivity contribution is 7.98. The van der Waals surface area contributed by atoms with Crippen LogP contribution < -0.4 is 14.4 Å². The van der Waals surface area contributed by atoms with Gasteiger partial charge in [-0.05, 0) is 81.0 Å². The van der Waals surface area contributed by atoms with Gasteiger partial charge >= 0.3 is 0 Å². The number of halogens is 1. The van der Waals surface area contributed by atoms with E-state index in [4.69, 9.17) is 16.3 Å². The standard InChI is InChI=1S/C32H38ClN3O5S2/c1-4-41-30-16-10-9-15-29(30)36(43(39,40)27-19-17-26(42-3)18-20-27)22-31(37)35(21-24-11-5-8-14-28(24)33)23(2)32(38)34-25-12-6-7-13-25/h5,8-11,14-20,23,25H,4,6-7,12-13,21-22H2,1-3H3,(H,34,38)/t23-/m0/s1. The molecule has 43 heavy (non-hydrogen) atoms. The van der Waals surface area contributed by atoms with Gasteiger partial charge in [-0.2, -0.15) is 0 Å². The third-order valence-electron chi connectivity index (χ3n) is 7.53. The highest BCUT2D eigenvalue weighted by Gasteiger charge is 2.34. The molecule has 0 saturated heterocycles. The van der Waals surface area contributed by atoms with E-state index < -0.39 is 28.5 Å². The summed E-state index contributed by atoms with van der Waals surface area (Å²) in [6.45, 7) is 3.24. The van der Waals surface area contributed by atoms with Gasteiger partial charge in [0.2, 0.25) is 11.8 Å². The van der Waals surface area contributed by atoms with Crippen molar-refractivity contribution in [2.45, 2.75) is 68.0 Å². The number of amides is 2. The van der Waals surface area contributed by atoms with Crippen LogP contribution in [0, 0.1) is 0 Å². The van der Waals surface area contributed by atoms with E-state index in [1.165, 1.54) is 28.8 Å². The molecule has 0 heterocycles. The maximum Gasteiger partial charge on any atom is 0.264 e. The summed E-state index contributed by atoms with van der Waals surface area (Å²) in [7, 11) is -4.22. The van der Waals surface area contributed by atoms with Gasteiger partial charge in [-0.3, -0.25) is 13.9 Å². The van der Waals surface area contributed by atoms with Crippen LogP contribution in [-0.4, -0.2) is 56.6 Å². The Morgan fingerprint density at radius 3 is 2.33 bits per heavy atom. The second-order valence-corrected chi connectivity index (χ2v) is 13.5. The molecule has 2 amide bonds. The summed E-state index contributed by atoms with van der Waals surface area (Å²) in [6.07, 6.45) is 5.79. The fourth-order valence-electron chi connectivity index (χ4n) is 5.11. The van der Waals surface area contributed by atoms with Crippen molar-refractivity contribution in [3.05, 3.63) is 83.4 Å². The maximum absolute atomic E-state index is 14.2. The second kappa shape index (κ2) is 15.0. The molecule has 1 fully saturated rings. The Morgan fingerprint density at radius 1 is 1.02 bits per heavy atom. The van der Waals surface area contributed by atoms with Gasteiger partial charge in [0.1, 0.15) is 18.3 Å². The van der Waals surface area contributed by atoms with Crippen LogP contribution in [0.1, 0.15) is 45.1 Å². The molecule has 0 aromatic heterocycles. The van der Waals surface area contributed by atoms with Crippen LogP contribution in [0.3, 0.4) is 0 Å². The fraction of sp³-hybridized carbons (Fsp3) is 0.375. The molecule has 1 aliphatic carbocycles. The molecule has 0 aliphatic heterocycles. The van der Waals surface area contributed by atoms with E-state index in [0.717, 1.165) is 34.9 Å². The van der Waals surface area contributed by atoms with Crippen LogP contribution in [0.5, 0.6) is 5.75 Å². The zero-order chi connectivity index (χ0) is 31.0. The first-order valence-electron chi connectivity index (χ1n) is 14.4. The molecular formula is C32H38ClN3O5S2. The predicted molar refractivity (Wildman–Crippen MR) is 172 cm³/mol. The molecule has 4 rings (SSSR count). The summed E-state index contributed by atoms with van der Waals surface area (Å²) in [5, 5.41) is 3.52. The minimum absolute atomic E-state index is 0.0289. The molecule has 3 aromatic carbocycles. The number of ether oxygens (including phenoxy) is 1. The monoisotopic (exact) mass is 643 g/mol. The first-order chi connectivity index (χ1) is 20.6. The minimum Gasteiger partial charge on any atom is -0.492 e. The van der Waals surface area contributed by atoms with Crippen molar-refractivity contribution >= 4 is 50.9 Å². The lowest BCUT2D eigenvalue weighted by Gasteiger charge is -2.33. The number of sulfonamides is 1. The summed E-state index contributed by atoms with van der Waals surface area (Å²) in [5.74, 6) is -0.513. The average Bonchev–Trinajstić information content (AvgIpc) is 3.52. The molecule has 1 aliphatic rings. The molecule has 11 heteroatoms. The lowest BCUT2D eigenvalue weighted by atomic mass is 10.1. The SMILES string of the molecule is CCOc1ccccc1N(CC(=O)N(Cc1ccccc1Cl)[C@@H](C)C(=O)NC1CCCC1)S(=O)(=O)c1ccc(SC)cc1. The van der Waals surface area contributed by atoms with Crippen LogP contribution in [0.4, 0.5) is 5.69 Å². The number of hydrogen-bond acceptors (Lipinski definition) is 6. The van der Waals surface area contributed by atoms with Gasteiger partial charge in [0.25, 0.3) is 10.0 Å². The van der Waals surface area contributed by atoms with Gasteiger partial charge in [-0.1, -0.05) is 54.8 Å². The molecule has 0 unspecified atom stereocenters. The van der Waals surface area contributed by atoms with Crippen molar-refractivity contribution in [1.29, 1.82) is 0 Å². The van der Waals surface area contributed by atoms with Gasteiger partial charge in [-0.25, -0.2) is 8.42 Å². The molecule has 0 bridgehead atoms. The second-order valence-electron chi connectivity index (χ2n) is 10.4. The maximum atomic E-state index is 14.2. The molecule has 3 aromatic rings. The van der Waals surface area contributed by atoms with Crippen molar-refractivity contribution in [3.63, 3.8) is 0 Å². The zero-order valence-electron chi connectivity index (χ0n) is 24.7. The highest BCUT2D eigenvalue weighted by atomic mass is 35.5. The number of benzene rings is 3. The molecule has 0 spiro atoms. The van der Waals surface area contributed by atoms with Gasteiger partial charge in [-0.15, -0.1) is 11.8 Å². The molecular weight excluding hydrogens is 606 g/mol. The molecule has 0 radical (unpaired) electrons. The van der Waals surface area contributed by atoms with Crippen molar-refractivity contribution < 1.29 is 22.7 Å². The molecule has 230 valence electrons. The quantitative estimate of drug-likeness (QED) is 0.225. The Bertz CT molecular complexity index is 1510. The van der Waals surface area contributed by atoms with E-state index in [1.807, 2.05) is 6.26 Å². The number of anilines is 1. The topological polar surface area (TPSA) is 96.0 Å². The van der Waals surface area contributed by atoms with Gasteiger partial charge in [0, 0.05) is 22.5 Å². The summed E-state index contributed by atoms with van der Waals surface area (Å²) in [6, 6.07) is 19.5. The van der Waals surface area contributed by atoms with Gasteiger partial charge in [0.15, 0.2) is 0 Å². The van der Waals surface area contributed by atoms with Crippen LogP contribution in [-0.2, 0) is 26.2 Å². The normalized spacial score (nSPS) is 14.2. The van der Waals surface area contributed by atoms with Crippen LogP contribution in [0.2, 0.25) is 5.02 Å². The number of nitrogens with zero attached hydrogens (tertiary/aromatic N) is 2. The van der Waals surface area contributed by atoms with Gasteiger partial charge < -0.3 is 15.0 Å². The number of nitrogens with one attached hydrogen (secondary N) is 1. The fourth-order valence-corrected chi connectivity index (χ4v) is 7.14. The zero-order valence-corrected chi connectivity index (χ0v) is 27.1. The summed E-state index contributed by atoms with van der Waals surface area (Å²) in [4.78, 5) is 30.0. The van der Waals surface area contributed by atoms with E-state index in [9.17, 15) is 18.0 Å². The van der Waals surface area contributed by atoms with Crippen molar-refractivity contribution in [2.24, 2.45) is 0 Å². The Hall–Kier alpha value is -3.21. The lowest BCUT2D eigenvalue weighted by Crippen LogP contribution is -2.52. The smallest absolute Gasteiger partial charge is 0.264 e. The largest absolute Gasteiger partial charge is 0.492 e. The number of hydrogen-bond donors (Lipinski definition) is 1. The Balaban J connectivity index is 1.73. The van der Waals surface area contributed by atoms with Crippen LogP contribution >= 0.6 is 23.4 Å². The lowest BCUT2D eigenvalue weighted by molar-refractivity contribution is -0.139. The first-order valence-corrected chi connectivity index (χ1v) is 17.4. The van der Waals surface area contributed by atoms with Crippen molar-refractivity contribution in [2.75, 3.05) is 23.7 Å². The molecule has 1 N–H and O–H groups in total. The third kappa shape index (κ3) is 8.04.